The van der Waals surface area contributed by atoms with Crippen LogP contribution in [0.15, 0.2) is 22.7 Å². The number of rotatable bonds is 9. The highest BCUT2D eigenvalue weighted by atomic mass is 79.9. The largest absolute Gasteiger partial charge is 0.479 e. The van der Waals surface area contributed by atoms with Crippen molar-refractivity contribution in [1.82, 2.24) is 5.32 Å². The average Bonchev–Trinajstić information content (AvgIpc) is 2.48. The van der Waals surface area contributed by atoms with Crippen LogP contribution in [0.25, 0.3) is 0 Å². The Hall–Kier alpha value is -1.07. The molecule has 1 aromatic rings. The highest BCUT2D eigenvalue weighted by Crippen LogP contribution is 2.24. The number of esters is 1. The Morgan fingerprint density at radius 2 is 2.10 bits per heavy atom. The molecule has 0 aliphatic heterocycles. The Balaban J connectivity index is 2.73. The summed E-state index contributed by atoms with van der Waals surface area (Å²) in [5.41, 5.74) is 1.11. The van der Waals surface area contributed by atoms with E-state index in [1.165, 1.54) is 0 Å². The lowest BCUT2D eigenvalue weighted by Crippen LogP contribution is -2.28. The van der Waals surface area contributed by atoms with Crippen molar-refractivity contribution in [2.75, 3.05) is 13.2 Å². The number of ether oxygens (including phenoxy) is 2. The number of carbonyl (C=O) groups excluding carboxylic acids is 1. The fraction of sp³-hybridized carbons (Fsp3) is 0.562. The molecule has 5 heteroatoms. The van der Waals surface area contributed by atoms with E-state index in [1.54, 1.807) is 6.92 Å². The summed E-state index contributed by atoms with van der Waals surface area (Å²) in [5.74, 6) is 0.375. The lowest BCUT2D eigenvalue weighted by molar-refractivity contribution is -0.151. The summed E-state index contributed by atoms with van der Waals surface area (Å²) in [6, 6.07) is 5.75. The molecular formula is C16H24BrNO3. The molecule has 1 aromatic carbocycles. The lowest BCUT2D eigenvalue weighted by Gasteiger charge is -2.17. The molecular weight excluding hydrogens is 334 g/mol. The van der Waals surface area contributed by atoms with Gasteiger partial charge in [0.1, 0.15) is 5.75 Å². The third-order valence-electron chi connectivity index (χ3n) is 2.96. The summed E-state index contributed by atoms with van der Waals surface area (Å²) >= 11 is 3.53. The highest BCUT2D eigenvalue weighted by Gasteiger charge is 2.19. The number of carbonyl (C=O) groups is 1. The minimum absolute atomic E-state index is 0.312. The molecule has 0 bridgehead atoms. The van der Waals surface area contributed by atoms with E-state index in [0.717, 1.165) is 29.5 Å². The average molecular weight is 358 g/mol. The van der Waals surface area contributed by atoms with Gasteiger partial charge in [-0.1, -0.05) is 29.8 Å². The van der Waals surface area contributed by atoms with Crippen molar-refractivity contribution in [2.45, 2.75) is 46.3 Å². The van der Waals surface area contributed by atoms with Gasteiger partial charge in [-0.25, -0.2) is 4.79 Å². The minimum atomic E-state index is -0.553. The Morgan fingerprint density at radius 3 is 2.71 bits per heavy atom. The molecule has 118 valence electrons. The number of hydrogen-bond donors (Lipinski definition) is 1. The molecule has 1 unspecified atom stereocenters. The second-order valence-corrected chi connectivity index (χ2v) is 5.55. The number of nitrogens with one attached hydrogen (secondary N) is 1. The molecule has 1 N–H and O–H groups in total. The second-order valence-electron chi connectivity index (χ2n) is 4.70. The first-order valence-electron chi connectivity index (χ1n) is 7.44. The number of halogens is 1. The van der Waals surface area contributed by atoms with Crippen molar-refractivity contribution >= 4 is 21.9 Å². The van der Waals surface area contributed by atoms with Crippen LogP contribution in [0.1, 0.15) is 39.2 Å². The van der Waals surface area contributed by atoms with E-state index in [1.807, 2.05) is 25.1 Å². The summed E-state index contributed by atoms with van der Waals surface area (Å²) in [6.07, 6.45) is 1.12. The van der Waals surface area contributed by atoms with Gasteiger partial charge in [0.05, 0.1) is 6.61 Å². The zero-order valence-electron chi connectivity index (χ0n) is 12.9. The molecule has 0 aliphatic carbocycles. The Kier molecular flexibility index (Phi) is 8.38. The van der Waals surface area contributed by atoms with Crippen LogP contribution in [0.5, 0.6) is 5.75 Å². The van der Waals surface area contributed by atoms with Crippen LogP contribution in [0.2, 0.25) is 0 Å². The van der Waals surface area contributed by atoms with Gasteiger partial charge < -0.3 is 14.8 Å². The first-order chi connectivity index (χ1) is 10.1. The maximum atomic E-state index is 11.8. The van der Waals surface area contributed by atoms with Crippen molar-refractivity contribution in [1.29, 1.82) is 0 Å². The van der Waals surface area contributed by atoms with Crippen molar-refractivity contribution in [2.24, 2.45) is 0 Å². The summed E-state index contributed by atoms with van der Waals surface area (Å²) in [6.45, 7) is 7.93. The molecule has 0 aliphatic rings. The van der Waals surface area contributed by atoms with E-state index < -0.39 is 6.10 Å². The van der Waals surface area contributed by atoms with Crippen molar-refractivity contribution < 1.29 is 14.3 Å². The molecule has 1 rings (SSSR count). The standard InChI is InChI=1S/C16H24BrNO3/c1-4-9-18-11-12-10-13(7-8-14(12)17)21-15(5-2)16(19)20-6-3/h7-8,10,15,18H,4-6,9,11H2,1-3H3. The summed E-state index contributed by atoms with van der Waals surface area (Å²) in [5, 5.41) is 3.35. The van der Waals surface area contributed by atoms with Crippen LogP contribution in [0, 0.1) is 0 Å². The molecule has 0 saturated heterocycles. The molecule has 0 fully saturated rings. The first-order valence-corrected chi connectivity index (χ1v) is 8.24. The van der Waals surface area contributed by atoms with E-state index in [2.05, 4.69) is 28.2 Å². The molecule has 4 nitrogen and oxygen atoms in total. The quantitative estimate of drug-likeness (QED) is 0.541. The van der Waals surface area contributed by atoms with Gasteiger partial charge >= 0.3 is 5.97 Å². The molecule has 0 amide bonds. The van der Waals surface area contributed by atoms with E-state index >= 15 is 0 Å². The maximum Gasteiger partial charge on any atom is 0.347 e. The van der Waals surface area contributed by atoms with E-state index in [4.69, 9.17) is 9.47 Å². The second kappa shape index (κ2) is 9.79. The van der Waals surface area contributed by atoms with Gasteiger partial charge in [-0.05, 0) is 50.1 Å². The fourth-order valence-electron chi connectivity index (χ4n) is 1.86. The van der Waals surface area contributed by atoms with Gasteiger partial charge in [0, 0.05) is 11.0 Å². The lowest BCUT2D eigenvalue weighted by atomic mass is 10.2. The summed E-state index contributed by atoms with van der Waals surface area (Å²) < 4.78 is 11.8. The van der Waals surface area contributed by atoms with Crippen molar-refractivity contribution in [3.05, 3.63) is 28.2 Å². The molecule has 1 atom stereocenters. The third-order valence-corrected chi connectivity index (χ3v) is 3.73. The van der Waals surface area contributed by atoms with Gasteiger partial charge in [-0.15, -0.1) is 0 Å². The van der Waals surface area contributed by atoms with E-state index in [-0.39, 0.29) is 5.97 Å². The Bertz CT molecular complexity index is 451. The van der Waals surface area contributed by atoms with Gasteiger partial charge in [0.15, 0.2) is 6.10 Å². The number of benzene rings is 1. The molecule has 0 heterocycles. The van der Waals surface area contributed by atoms with Crippen LogP contribution in [-0.2, 0) is 16.1 Å². The van der Waals surface area contributed by atoms with Gasteiger partial charge in [0.2, 0.25) is 0 Å². The van der Waals surface area contributed by atoms with Gasteiger partial charge in [0.25, 0.3) is 0 Å². The Morgan fingerprint density at radius 1 is 1.33 bits per heavy atom. The number of hydrogen-bond acceptors (Lipinski definition) is 4. The fourth-order valence-corrected chi connectivity index (χ4v) is 2.24. The zero-order chi connectivity index (χ0) is 15.7. The van der Waals surface area contributed by atoms with Crippen LogP contribution < -0.4 is 10.1 Å². The van der Waals surface area contributed by atoms with E-state index in [9.17, 15) is 4.79 Å². The van der Waals surface area contributed by atoms with Crippen LogP contribution >= 0.6 is 15.9 Å². The predicted molar refractivity (Wildman–Crippen MR) is 87.5 cm³/mol. The van der Waals surface area contributed by atoms with Crippen molar-refractivity contribution in [3.8, 4) is 5.75 Å². The highest BCUT2D eigenvalue weighted by molar-refractivity contribution is 9.10. The van der Waals surface area contributed by atoms with Crippen LogP contribution in [0.4, 0.5) is 0 Å². The predicted octanol–water partition coefficient (Wildman–Crippen LogP) is 3.67. The third kappa shape index (κ3) is 6.06. The first kappa shape index (κ1) is 18.0. The topological polar surface area (TPSA) is 47.6 Å². The molecule has 0 spiro atoms. The smallest absolute Gasteiger partial charge is 0.347 e. The minimum Gasteiger partial charge on any atom is -0.479 e. The monoisotopic (exact) mass is 357 g/mol. The molecule has 0 radical (unpaired) electrons. The van der Waals surface area contributed by atoms with Crippen LogP contribution in [-0.4, -0.2) is 25.2 Å². The Labute approximate surface area is 135 Å². The van der Waals surface area contributed by atoms with Crippen molar-refractivity contribution in [3.63, 3.8) is 0 Å². The van der Waals surface area contributed by atoms with E-state index in [0.29, 0.717) is 18.8 Å². The van der Waals surface area contributed by atoms with Gasteiger partial charge in [-0.2, -0.15) is 0 Å². The summed E-state index contributed by atoms with van der Waals surface area (Å²) in [7, 11) is 0. The summed E-state index contributed by atoms with van der Waals surface area (Å²) in [4.78, 5) is 11.8. The molecule has 0 aromatic heterocycles. The maximum absolute atomic E-state index is 11.8. The molecule has 21 heavy (non-hydrogen) atoms. The zero-order valence-corrected chi connectivity index (χ0v) is 14.5. The van der Waals surface area contributed by atoms with Crippen LogP contribution in [0.3, 0.4) is 0 Å². The van der Waals surface area contributed by atoms with Gasteiger partial charge in [-0.3, -0.25) is 0 Å². The molecule has 0 saturated carbocycles. The normalized spacial score (nSPS) is 12.0. The SMILES string of the molecule is CCCNCc1cc(OC(CC)C(=O)OCC)ccc1Br.